The van der Waals surface area contributed by atoms with Gasteiger partial charge in [-0.3, -0.25) is 0 Å². The summed E-state index contributed by atoms with van der Waals surface area (Å²) in [7, 11) is 0. The number of anilines is 1. The molecular formula is C17H16F3N. The number of aryl methyl sites for hydroxylation is 1. The second-order valence-corrected chi connectivity index (χ2v) is 5.37. The largest absolute Gasteiger partial charge is 0.416 e. The summed E-state index contributed by atoms with van der Waals surface area (Å²) in [5.74, 6) is 0. The average Bonchev–Trinajstić information content (AvgIpc) is 2.47. The fraction of sp³-hybridized carbons (Fsp3) is 0.294. The van der Waals surface area contributed by atoms with Crippen LogP contribution in [0.5, 0.6) is 0 Å². The van der Waals surface area contributed by atoms with E-state index in [0.29, 0.717) is 5.69 Å². The van der Waals surface area contributed by atoms with Crippen molar-refractivity contribution in [3.05, 3.63) is 65.2 Å². The molecule has 0 bridgehead atoms. The van der Waals surface area contributed by atoms with Crippen molar-refractivity contribution in [2.24, 2.45) is 0 Å². The maximum absolute atomic E-state index is 12.8. The fourth-order valence-corrected chi connectivity index (χ4v) is 2.89. The molecule has 1 nitrogen and oxygen atoms in total. The summed E-state index contributed by atoms with van der Waals surface area (Å²) in [6.45, 7) is 0. The van der Waals surface area contributed by atoms with Crippen LogP contribution in [-0.2, 0) is 12.6 Å². The summed E-state index contributed by atoms with van der Waals surface area (Å²) >= 11 is 0. The predicted octanol–water partition coefficient (Wildman–Crippen LogP) is 5.19. The van der Waals surface area contributed by atoms with Gasteiger partial charge in [-0.25, -0.2) is 0 Å². The van der Waals surface area contributed by atoms with E-state index in [2.05, 4.69) is 17.4 Å². The Balaban J connectivity index is 1.85. The van der Waals surface area contributed by atoms with E-state index in [1.807, 2.05) is 12.1 Å². The number of fused-ring (bicyclic) bond motifs is 1. The molecule has 0 fully saturated rings. The molecule has 21 heavy (non-hydrogen) atoms. The Labute approximate surface area is 121 Å². The van der Waals surface area contributed by atoms with E-state index in [4.69, 9.17) is 0 Å². The molecule has 1 aliphatic rings. The number of halogens is 3. The van der Waals surface area contributed by atoms with Crippen LogP contribution in [0.4, 0.5) is 18.9 Å². The molecule has 1 N–H and O–H groups in total. The van der Waals surface area contributed by atoms with Crippen molar-refractivity contribution in [2.75, 3.05) is 5.32 Å². The lowest BCUT2D eigenvalue weighted by atomic mass is 9.87. The zero-order valence-electron chi connectivity index (χ0n) is 11.5. The van der Waals surface area contributed by atoms with Gasteiger partial charge in [0.15, 0.2) is 0 Å². The van der Waals surface area contributed by atoms with Crippen LogP contribution in [0, 0.1) is 0 Å². The van der Waals surface area contributed by atoms with Crippen molar-refractivity contribution in [2.45, 2.75) is 31.5 Å². The van der Waals surface area contributed by atoms with E-state index < -0.39 is 11.7 Å². The van der Waals surface area contributed by atoms with Gasteiger partial charge < -0.3 is 5.32 Å². The molecule has 0 saturated heterocycles. The number of rotatable bonds is 2. The van der Waals surface area contributed by atoms with Crippen LogP contribution in [0.15, 0.2) is 48.5 Å². The molecule has 2 aromatic carbocycles. The highest BCUT2D eigenvalue weighted by atomic mass is 19.4. The van der Waals surface area contributed by atoms with Gasteiger partial charge in [0.1, 0.15) is 0 Å². The highest BCUT2D eigenvalue weighted by Crippen LogP contribution is 2.34. The van der Waals surface area contributed by atoms with E-state index in [-0.39, 0.29) is 6.04 Å². The smallest absolute Gasteiger partial charge is 0.378 e. The summed E-state index contributed by atoms with van der Waals surface area (Å²) in [5, 5.41) is 3.25. The molecular weight excluding hydrogens is 275 g/mol. The zero-order valence-corrected chi connectivity index (χ0v) is 11.5. The molecule has 1 aliphatic carbocycles. The van der Waals surface area contributed by atoms with Gasteiger partial charge in [0.05, 0.1) is 11.6 Å². The minimum atomic E-state index is -4.30. The Bertz CT molecular complexity index is 634. The molecule has 1 unspecified atom stereocenters. The van der Waals surface area contributed by atoms with Crippen molar-refractivity contribution in [1.29, 1.82) is 0 Å². The van der Waals surface area contributed by atoms with Crippen molar-refractivity contribution < 1.29 is 13.2 Å². The number of alkyl halides is 3. The average molecular weight is 291 g/mol. The minimum Gasteiger partial charge on any atom is -0.378 e. The number of hydrogen-bond donors (Lipinski definition) is 1. The molecule has 0 heterocycles. The van der Waals surface area contributed by atoms with Gasteiger partial charge in [0.2, 0.25) is 0 Å². The molecule has 110 valence electrons. The molecule has 1 atom stereocenters. The molecule has 4 heteroatoms. The lowest BCUT2D eigenvalue weighted by Gasteiger charge is -2.27. The molecule has 0 saturated carbocycles. The highest BCUT2D eigenvalue weighted by molar-refractivity contribution is 5.49. The second kappa shape index (κ2) is 5.43. The topological polar surface area (TPSA) is 12.0 Å². The molecule has 0 amide bonds. The van der Waals surface area contributed by atoms with Gasteiger partial charge in [-0.1, -0.05) is 30.3 Å². The summed E-state index contributed by atoms with van der Waals surface area (Å²) in [5.41, 5.74) is 2.39. The van der Waals surface area contributed by atoms with Gasteiger partial charge in [-0.15, -0.1) is 0 Å². The third kappa shape index (κ3) is 3.04. The number of nitrogens with one attached hydrogen (secondary N) is 1. The first-order chi connectivity index (χ1) is 10.0. The standard InChI is InChI=1S/C17H16F3N/c18-17(19,20)13-7-4-8-14(11-13)21-16-10-3-6-12-5-1-2-9-15(12)16/h1-2,4-5,7-9,11,16,21H,3,6,10H2. The zero-order chi connectivity index (χ0) is 14.9. The van der Waals surface area contributed by atoms with Gasteiger partial charge in [-0.05, 0) is 48.6 Å². The Morgan fingerprint density at radius 2 is 1.81 bits per heavy atom. The molecule has 0 aromatic heterocycles. The van der Waals surface area contributed by atoms with E-state index in [0.717, 1.165) is 25.3 Å². The third-order valence-electron chi connectivity index (χ3n) is 3.90. The Kier molecular flexibility index (Phi) is 3.62. The maximum Gasteiger partial charge on any atom is 0.416 e. The molecule has 0 radical (unpaired) electrons. The van der Waals surface area contributed by atoms with E-state index in [9.17, 15) is 13.2 Å². The van der Waals surface area contributed by atoms with Gasteiger partial charge >= 0.3 is 6.18 Å². The first-order valence-electron chi connectivity index (χ1n) is 7.05. The predicted molar refractivity (Wildman–Crippen MR) is 77.2 cm³/mol. The van der Waals surface area contributed by atoms with Crippen molar-refractivity contribution in [3.63, 3.8) is 0 Å². The van der Waals surface area contributed by atoms with E-state index in [1.54, 1.807) is 6.07 Å². The summed E-state index contributed by atoms with van der Waals surface area (Å²) in [4.78, 5) is 0. The normalized spacial score (nSPS) is 18.1. The fourth-order valence-electron chi connectivity index (χ4n) is 2.89. The maximum atomic E-state index is 12.8. The Morgan fingerprint density at radius 1 is 1.00 bits per heavy atom. The van der Waals surface area contributed by atoms with Crippen molar-refractivity contribution in [3.8, 4) is 0 Å². The Hall–Kier alpha value is -1.97. The van der Waals surface area contributed by atoms with Crippen LogP contribution >= 0.6 is 0 Å². The van der Waals surface area contributed by atoms with Gasteiger partial charge in [0.25, 0.3) is 0 Å². The lowest BCUT2D eigenvalue weighted by molar-refractivity contribution is -0.137. The first-order valence-corrected chi connectivity index (χ1v) is 7.05. The van der Waals surface area contributed by atoms with E-state index >= 15 is 0 Å². The van der Waals surface area contributed by atoms with Crippen LogP contribution in [0.1, 0.15) is 35.6 Å². The second-order valence-electron chi connectivity index (χ2n) is 5.37. The SMILES string of the molecule is FC(F)(F)c1cccc(NC2CCCc3ccccc32)c1. The number of hydrogen-bond acceptors (Lipinski definition) is 1. The number of benzene rings is 2. The monoisotopic (exact) mass is 291 g/mol. The van der Waals surface area contributed by atoms with Crippen LogP contribution in [0.25, 0.3) is 0 Å². The quantitative estimate of drug-likeness (QED) is 0.802. The Morgan fingerprint density at radius 3 is 2.62 bits per heavy atom. The van der Waals surface area contributed by atoms with Crippen LogP contribution in [-0.4, -0.2) is 0 Å². The summed E-state index contributed by atoms with van der Waals surface area (Å²) in [6.07, 6.45) is -1.28. The van der Waals surface area contributed by atoms with Crippen LogP contribution in [0.3, 0.4) is 0 Å². The first kappa shape index (κ1) is 14.0. The van der Waals surface area contributed by atoms with Crippen LogP contribution in [0.2, 0.25) is 0 Å². The highest BCUT2D eigenvalue weighted by Gasteiger charge is 2.30. The molecule has 0 aliphatic heterocycles. The third-order valence-corrected chi connectivity index (χ3v) is 3.90. The molecule has 3 rings (SSSR count). The minimum absolute atomic E-state index is 0.0819. The molecule has 2 aromatic rings. The van der Waals surface area contributed by atoms with Crippen LogP contribution < -0.4 is 5.32 Å². The van der Waals surface area contributed by atoms with Crippen molar-refractivity contribution >= 4 is 5.69 Å². The summed E-state index contributed by atoms with van der Waals surface area (Å²) < 4.78 is 38.3. The van der Waals surface area contributed by atoms with Crippen molar-refractivity contribution in [1.82, 2.24) is 0 Å². The molecule has 0 spiro atoms. The lowest BCUT2D eigenvalue weighted by Crippen LogP contribution is -2.17. The van der Waals surface area contributed by atoms with E-state index in [1.165, 1.54) is 23.3 Å². The summed E-state index contributed by atoms with van der Waals surface area (Å²) in [6, 6.07) is 13.6. The van der Waals surface area contributed by atoms with Gasteiger partial charge in [-0.2, -0.15) is 13.2 Å². The van der Waals surface area contributed by atoms with Gasteiger partial charge in [0, 0.05) is 5.69 Å².